The maximum absolute atomic E-state index is 13.2. The number of halogens is 2. The Balaban J connectivity index is 1.36. The number of hydrogen-bond donors (Lipinski definition) is 1. The molecule has 1 heterocycles. The summed E-state index contributed by atoms with van der Waals surface area (Å²) in [6.07, 6.45) is 0. The van der Waals surface area contributed by atoms with E-state index in [1.165, 1.54) is 0 Å². The third kappa shape index (κ3) is 5.11. The van der Waals surface area contributed by atoms with Crippen LogP contribution < -0.4 is 10.1 Å². The van der Waals surface area contributed by atoms with E-state index in [9.17, 15) is 13.6 Å². The molecule has 0 saturated heterocycles. The zero-order valence-corrected chi connectivity index (χ0v) is 16.4. The summed E-state index contributed by atoms with van der Waals surface area (Å²) in [7, 11) is 0. The molecule has 4 aromatic rings. The number of amides is 1. The smallest absolute Gasteiger partial charge is 0.262 e. The average Bonchev–Trinajstić information content (AvgIpc) is 3.23. The van der Waals surface area contributed by atoms with Crippen LogP contribution in [-0.2, 0) is 4.79 Å². The van der Waals surface area contributed by atoms with Crippen molar-refractivity contribution in [2.75, 3.05) is 11.9 Å². The first-order valence-corrected chi connectivity index (χ1v) is 9.36. The highest BCUT2D eigenvalue weighted by Crippen LogP contribution is 2.24. The number of rotatable bonds is 6. The van der Waals surface area contributed by atoms with E-state index < -0.39 is 17.5 Å². The van der Waals surface area contributed by atoms with E-state index in [4.69, 9.17) is 9.26 Å². The van der Waals surface area contributed by atoms with Gasteiger partial charge in [-0.05, 0) is 43.3 Å². The van der Waals surface area contributed by atoms with Crippen molar-refractivity contribution in [3.63, 3.8) is 0 Å². The van der Waals surface area contributed by atoms with Crippen LogP contribution in [0.5, 0.6) is 5.75 Å². The number of carbonyl (C=O) groups excluding carboxylic acids is 1. The monoisotopic (exact) mass is 421 g/mol. The molecule has 6 nitrogen and oxygen atoms in total. The van der Waals surface area contributed by atoms with Crippen LogP contribution in [0.25, 0.3) is 22.8 Å². The fraction of sp³-hybridized carbons (Fsp3) is 0.0870. The van der Waals surface area contributed by atoms with E-state index in [1.54, 1.807) is 24.3 Å². The number of carbonyl (C=O) groups is 1. The Morgan fingerprint density at radius 1 is 0.968 bits per heavy atom. The van der Waals surface area contributed by atoms with Gasteiger partial charge in [0.25, 0.3) is 11.8 Å². The second-order valence-corrected chi connectivity index (χ2v) is 6.81. The summed E-state index contributed by atoms with van der Waals surface area (Å²) in [4.78, 5) is 16.3. The Labute approximate surface area is 176 Å². The van der Waals surface area contributed by atoms with Gasteiger partial charge in [-0.15, -0.1) is 0 Å². The molecule has 0 aliphatic heterocycles. The molecule has 0 radical (unpaired) electrons. The van der Waals surface area contributed by atoms with Gasteiger partial charge in [-0.25, -0.2) is 8.78 Å². The van der Waals surface area contributed by atoms with E-state index in [0.717, 1.165) is 29.3 Å². The molecule has 31 heavy (non-hydrogen) atoms. The Morgan fingerprint density at radius 3 is 2.29 bits per heavy atom. The molecule has 8 heteroatoms. The van der Waals surface area contributed by atoms with Gasteiger partial charge in [-0.1, -0.05) is 35.0 Å². The average molecular weight is 421 g/mol. The van der Waals surface area contributed by atoms with Crippen molar-refractivity contribution >= 4 is 11.6 Å². The van der Waals surface area contributed by atoms with Crippen LogP contribution in [0.2, 0.25) is 0 Å². The Hall–Kier alpha value is -4.07. The number of benzene rings is 3. The molecule has 0 aliphatic carbocycles. The maximum Gasteiger partial charge on any atom is 0.262 e. The van der Waals surface area contributed by atoms with Crippen molar-refractivity contribution in [3.05, 3.63) is 83.9 Å². The van der Waals surface area contributed by atoms with Crippen molar-refractivity contribution in [1.82, 2.24) is 10.1 Å². The lowest BCUT2D eigenvalue weighted by Gasteiger charge is -2.08. The van der Waals surface area contributed by atoms with Crippen LogP contribution in [-0.4, -0.2) is 22.7 Å². The lowest BCUT2D eigenvalue weighted by molar-refractivity contribution is -0.118. The summed E-state index contributed by atoms with van der Waals surface area (Å²) in [5, 5.41) is 6.38. The largest absolute Gasteiger partial charge is 0.484 e. The summed E-state index contributed by atoms with van der Waals surface area (Å²) < 4.78 is 37.1. The number of anilines is 1. The summed E-state index contributed by atoms with van der Waals surface area (Å²) >= 11 is 0. The second kappa shape index (κ2) is 8.74. The highest BCUT2D eigenvalue weighted by molar-refractivity contribution is 5.91. The molecule has 0 fully saturated rings. The molecule has 0 unspecified atom stereocenters. The van der Waals surface area contributed by atoms with Crippen molar-refractivity contribution in [1.29, 1.82) is 0 Å². The standard InChI is InChI=1S/C23H17F2N3O3/c1-14-2-4-15(5-3-14)22-27-23(31-28-22)16-6-8-20(9-7-16)30-13-21(29)26-19-11-17(24)10-18(25)12-19/h2-12H,13H2,1H3,(H,26,29). The van der Waals surface area contributed by atoms with Crippen LogP contribution in [0.1, 0.15) is 5.56 Å². The molecule has 0 saturated carbocycles. The summed E-state index contributed by atoms with van der Waals surface area (Å²) in [6.45, 7) is 1.68. The Kier molecular flexibility index (Phi) is 5.70. The van der Waals surface area contributed by atoms with Gasteiger partial charge in [0.1, 0.15) is 17.4 Å². The first-order chi connectivity index (χ1) is 15.0. The second-order valence-electron chi connectivity index (χ2n) is 6.81. The third-order valence-electron chi connectivity index (χ3n) is 4.35. The van der Waals surface area contributed by atoms with Crippen LogP contribution in [0.3, 0.4) is 0 Å². The summed E-state index contributed by atoms with van der Waals surface area (Å²) in [6, 6.07) is 17.3. The van der Waals surface area contributed by atoms with Crippen LogP contribution in [0.4, 0.5) is 14.5 Å². The minimum atomic E-state index is -0.779. The van der Waals surface area contributed by atoms with E-state index in [2.05, 4.69) is 15.5 Å². The van der Waals surface area contributed by atoms with Gasteiger partial charge < -0.3 is 14.6 Å². The molecule has 0 aliphatic rings. The van der Waals surface area contributed by atoms with Crippen molar-refractivity contribution < 1.29 is 22.8 Å². The first-order valence-electron chi connectivity index (χ1n) is 9.36. The maximum atomic E-state index is 13.2. The Morgan fingerprint density at radius 2 is 1.61 bits per heavy atom. The molecule has 156 valence electrons. The van der Waals surface area contributed by atoms with E-state index in [-0.39, 0.29) is 12.3 Å². The highest BCUT2D eigenvalue weighted by atomic mass is 19.1. The minimum Gasteiger partial charge on any atom is -0.484 e. The highest BCUT2D eigenvalue weighted by Gasteiger charge is 2.11. The van der Waals surface area contributed by atoms with Gasteiger partial charge in [0.15, 0.2) is 6.61 Å². The topological polar surface area (TPSA) is 77.2 Å². The fourth-order valence-corrected chi connectivity index (χ4v) is 2.83. The van der Waals surface area contributed by atoms with Gasteiger partial charge in [-0.2, -0.15) is 4.98 Å². The number of ether oxygens (including phenoxy) is 1. The first kappa shape index (κ1) is 20.2. The van der Waals surface area contributed by atoms with Crippen LogP contribution in [0.15, 0.2) is 71.3 Å². The summed E-state index contributed by atoms with van der Waals surface area (Å²) in [5.41, 5.74) is 2.70. The normalized spacial score (nSPS) is 10.7. The molecule has 1 amide bonds. The molecule has 1 aromatic heterocycles. The predicted octanol–water partition coefficient (Wildman–Crippen LogP) is 5.01. The number of aryl methyl sites for hydroxylation is 1. The van der Waals surface area contributed by atoms with E-state index in [1.807, 2.05) is 31.2 Å². The van der Waals surface area contributed by atoms with Crippen LogP contribution in [0, 0.1) is 18.6 Å². The van der Waals surface area contributed by atoms with Gasteiger partial charge in [0, 0.05) is 22.9 Å². The summed E-state index contributed by atoms with van der Waals surface area (Å²) in [5.74, 6) is -0.832. The fourth-order valence-electron chi connectivity index (χ4n) is 2.83. The molecule has 0 bridgehead atoms. The van der Waals surface area contributed by atoms with Crippen molar-refractivity contribution in [2.24, 2.45) is 0 Å². The number of hydrogen-bond acceptors (Lipinski definition) is 5. The number of nitrogens with one attached hydrogen (secondary N) is 1. The van der Waals surface area contributed by atoms with Crippen LogP contribution >= 0.6 is 0 Å². The van der Waals surface area contributed by atoms with Gasteiger partial charge in [0.05, 0.1) is 0 Å². The molecular weight excluding hydrogens is 404 g/mol. The van der Waals surface area contributed by atoms with E-state index in [0.29, 0.717) is 23.0 Å². The van der Waals surface area contributed by atoms with Crippen molar-refractivity contribution in [3.8, 4) is 28.6 Å². The zero-order chi connectivity index (χ0) is 21.8. The third-order valence-corrected chi connectivity index (χ3v) is 4.35. The SMILES string of the molecule is Cc1ccc(-c2noc(-c3ccc(OCC(=O)Nc4cc(F)cc(F)c4)cc3)n2)cc1. The predicted molar refractivity (Wildman–Crippen MR) is 110 cm³/mol. The lowest BCUT2D eigenvalue weighted by atomic mass is 10.1. The minimum absolute atomic E-state index is 0.0159. The van der Waals surface area contributed by atoms with Gasteiger partial charge in [-0.3, -0.25) is 4.79 Å². The molecule has 0 spiro atoms. The lowest BCUT2D eigenvalue weighted by Crippen LogP contribution is -2.20. The molecule has 0 atom stereocenters. The molecule has 3 aromatic carbocycles. The number of aromatic nitrogens is 2. The molecule has 1 N–H and O–H groups in total. The van der Waals surface area contributed by atoms with Gasteiger partial charge >= 0.3 is 0 Å². The molecular formula is C23H17F2N3O3. The van der Waals surface area contributed by atoms with Crippen molar-refractivity contribution in [2.45, 2.75) is 6.92 Å². The quantitative estimate of drug-likeness (QED) is 0.474. The zero-order valence-electron chi connectivity index (χ0n) is 16.4. The number of nitrogens with zero attached hydrogens (tertiary/aromatic N) is 2. The Bertz CT molecular complexity index is 1190. The molecule has 4 rings (SSSR count). The van der Waals surface area contributed by atoms with E-state index >= 15 is 0 Å². The van der Waals surface area contributed by atoms with Gasteiger partial charge in [0.2, 0.25) is 5.82 Å².